The zero-order valence-corrected chi connectivity index (χ0v) is 13.0. The minimum absolute atomic E-state index is 0.0276. The molecule has 0 fully saturated rings. The van der Waals surface area contributed by atoms with Crippen molar-refractivity contribution >= 4 is 26.8 Å². The minimum atomic E-state index is -3.10. The lowest BCUT2D eigenvalue weighted by Crippen LogP contribution is -2.25. The highest BCUT2D eigenvalue weighted by atomic mass is 32.2. The molecule has 1 aliphatic rings. The van der Waals surface area contributed by atoms with Crippen LogP contribution in [-0.4, -0.2) is 30.0 Å². The van der Waals surface area contributed by atoms with Gasteiger partial charge in [-0.1, -0.05) is 12.1 Å². The maximum absolute atomic E-state index is 11.9. The van der Waals surface area contributed by atoms with E-state index in [-0.39, 0.29) is 24.0 Å². The predicted molar refractivity (Wildman–Crippen MR) is 83.7 cm³/mol. The van der Waals surface area contributed by atoms with Crippen LogP contribution in [0.25, 0.3) is 11.0 Å². The van der Waals surface area contributed by atoms with E-state index in [1.54, 1.807) is 6.08 Å². The van der Waals surface area contributed by atoms with Crippen molar-refractivity contribution in [1.82, 2.24) is 15.3 Å². The molecular formula is C15H17N3O3S. The molecule has 0 saturated carbocycles. The highest BCUT2D eigenvalue weighted by molar-refractivity contribution is 7.94. The summed E-state index contributed by atoms with van der Waals surface area (Å²) < 4.78 is 22.6. The number of fused-ring (bicyclic) bond motifs is 1. The molecule has 6 nitrogen and oxygen atoms in total. The number of aryl methyl sites for hydroxylation is 1. The molecule has 0 unspecified atom stereocenters. The number of amides is 1. The molecule has 3 rings (SSSR count). The Morgan fingerprint density at radius 1 is 1.45 bits per heavy atom. The van der Waals surface area contributed by atoms with Gasteiger partial charge in [0.15, 0.2) is 9.84 Å². The number of sulfone groups is 1. The highest BCUT2D eigenvalue weighted by Crippen LogP contribution is 2.18. The average molecular weight is 319 g/mol. The fourth-order valence-electron chi connectivity index (χ4n) is 2.57. The monoisotopic (exact) mass is 319 g/mol. The molecule has 1 atom stereocenters. The maximum atomic E-state index is 11.9. The van der Waals surface area contributed by atoms with Crippen molar-refractivity contribution in [2.24, 2.45) is 5.92 Å². The van der Waals surface area contributed by atoms with Crippen LogP contribution in [0.2, 0.25) is 0 Å². The van der Waals surface area contributed by atoms with E-state index in [0.29, 0.717) is 6.54 Å². The lowest BCUT2D eigenvalue weighted by Gasteiger charge is -2.08. The first kappa shape index (κ1) is 14.8. The molecule has 2 heterocycles. The van der Waals surface area contributed by atoms with E-state index in [0.717, 1.165) is 22.4 Å². The van der Waals surface area contributed by atoms with Gasteiger partial charge >= 0.3 is 0 Å². The van der Waals surface area contributed by atoms with Gasteiger partial charge in [-0.2, -0.15) is 0 Å². The van der Waals surface area contributed by atoms with Crippen molar-refractivity contribution in [3.63, 3.8) is 0 Å². The summed E-state index contributed by atoms with van der Waals surface area (Å²) in [6.45, 7) is 2.31. The molecule has 0 aliphatic carbocycles. The molecule has 2 N–H and O–H groups in total. The molecule has 1 aromatic carbocycles. The Kier molecular flexibility index (Phi) is 3.74. The summed E-state index contributed by atoms with van der Waals surface area (Å²) in [5.74, 6) is 0.514. The Balaban J connectivity index is 1.57. The molecule has 7 heteroatoms. The second-order valence-electron chi connectivity index (χ2n) is 5.57. The van der Waals surface area contributed by atoms with Crippen LogP contribution < -0.4 is 5.32 Å². The third-order valence-corrected chi connectivity index (χ3v) is 5.07. The number of carbonyl (C=O) groups is 1. The number of H-pyrrole nitrogens is 1. The summed E-state index contributed by atoms with van der Waals surface area (Å²) in [7, 11) is -3.10. The number of hydrogen-bond acceptors (Lipinski definition) is 4. The van der Waals surface area contributed by atoms with Gasteiger partial charge in [-0.05, 0) is 24.6 Å². The molecule has 0 bridgehead atoms. The lowest BCUT2D eigenvalue weighted by molar-refractivity contribution is -0.121. The Morgan fingerprint density at radius 2 is 2.27 bits per heavy atom. The van der Waals surface area contributed by atoms with Crippen LogP contribution in [0.5, 0.6) is 0 Å². The number of nitrogens with one attached hydrogen (secondary N) is 2. The molecule has 0 radical (unpaired) electrons. The van der Waals surface area contributed by atoms with E-state index in [1.807, 2.05) is 25.1 Å². The largest absolute Gasteiger partial charge is 0.352 e. The summed E-state index contributed by atoms with van der Waals surface area (Å²) >= 11 is 0. The van der Waals surface area contributed by atoms with Gasteiger partial charge in [-0.25, -0.2) is 13.4 Å². The number of carbonyl (C=O) groups excluding carboxylic acids is 1. The van der Waals surface area contributed by atoms with Gasteiger partial charge in [0, 0.05) is 24.3 Å². The smallest absolute Gasteiger partial charge is 0.220 e. The number of rotatable bonds is 4. The summed E-state index contributed by atoms with van der Waals surface area (Å²) in [6.07, 6.45) is 1.79. The number of hydrogen-bond donors (Lipinski definition) is 2. The van der Waals surface area contributed by atoms with E-state index in [1.165, 1.54) is 5.41 Å². The van der Waals surface area contributed by atoms with Crippen LogP contribution in [0.15, 0.2) is 29.7 Å². The summed E-state index contributed by atoms with van der Waals surface area (Å²) in [4.78, 5) is 19.4. The quantitative estimate of drug-likeness (QED) is 0.892. The summed E-state index contributed by atoms with van der Waals surface area (Å²) in [5.41, 5.74) is 2.81. The molecular weight excluding hydrogens is 302 g/mol. The number of imidazole rings is 1. The van der Waals surface area contributed by atoms with Crippen LogP contribution in [0.3, 0.4) is 0 Å². The summed E-state index contributed by atoms with van der Waals surface area (Å²) in [6, 6.07) is 5.78. The van der Waals surface area contributed by atoms with E-state index < -0.39 is 9.84 Å². The first-order valence-corrected chi connectivity index (χ1v) is 8.76. The average Bonchev–Trinajstić information content (AvgIpc) is 2.97. The van der Waals surface area contributed by atoms with Crippen molar-refractivity contribution in [2.75, 3.05) is 5.75 Å². The van der Waals surface area contributed by atoms with Crippen LogP contribution in [0.4, 0.5) is 0 Å². The minimum Gasteiger partial charge on any atom is -0.352 e. The normalized spacial score (nSPS) is 19.6. The number of aromatic nitrogens is 2. The molecule has 0 saturated heterocycles. The van der Waals surface area contributed by atoms with Gasteiger partial charge in [-0.3, -0.25) is 4.79 Å². The van der Waals surface area contributed by atoms with Crippen LogP contribution >= 0.6 is 0 Å². The molecule has 0 spiro atoms. The van der Waals surface area contributed by atoms with E-state index in [9.17, 15) is 13.2 Å². The Hall–Kier alpha value is -2.15. The number of allylic oxidation sites excluding steroid dienone is 1. The Labute approximate surface area is 128 Å². The Bertz CT molecular complexity index is 852. The molecule has 22 heavy (non-hydrogen) atoms. The van der Waals surface area contributed by atoms with E-state index >= 15 is 0 Å². The van der Waals surface area contributed by atoms with Gasteiger partial charge < -0.3 is 10.3 Å². The van der Waals surface area contributed by atoms with Crippen molar-refractivity contribution in [3.05, 3.63) is 41.1 Å². The SMILES string of the molecule is Cc1nc2ccc(CNC(=O)C[C@H]3C=CS(=O)(=O)C3)cc2[nH]1. The molecule has 116 valence electrons. The molecule has 1 amide bonds. The third-order valence-electron chi connectivity index (χ3n) is 3.61. The zero-order chi connectivity index (χ0) is 15.7. The Morgan fingerprint density at radius 3 is 3.00 bits per heavy atom. The van der Waals surface area contributed by atoms with Crippen LogP contribution in [0.1, 0.15) is 17.8 Å². The van der Waals surface area contributed by atoms with Crippen molar-refractivity contribution in [1.29, 1.82) is 0 Å². The van der Waals surface area contributed by atoms with Gasteiger partial charge in [-0.15, -0.1) is 0 Å². The van der Waals surface area contributed by atoms with Crippen molar-refractivity contribution in [3.8, 4) is 0 Å². The second kappa shape index (κ2) is 5.57. The fraction of sp³-hybridized carbons (Fsp3) is 0.333. The third kappa shape index (κ3) is 3.36. The van der Waals surface area contributed by atoms with Gasteiger partial charge in [0.05, 0.1) is 16.8 Å². The zero-order valence-electron chi connectivity index (χ0n) is 12.2. The van der Waals surface area contributed by atoms with Gasteiger partial charge in [0.1, 0.15) is 5.82 Å². The van der Waals surface area contributed by atoms with Crippen LogP contribution in [-0.2, 0) is 21.2 Å². The van der Waals surface area contributed by atoms with E-state index in [4.69, 9.17) is 0 Å². The van der Waals surface area contributed by atoms with Crippen molar-refractivity contribution < 1.29 is 13.2 Å². The molecule has 1 aromatic heterocycles. The maximum Gasteiger partial charge on any atom is 0.220 e. The fourth-order valence-corrected chi connectivity index (χ4v) is 3.97. The van der Waals surface area contributed by atoms with E-state index in [2.05, 4.69) is 15.3 Å². The van der Waals surface area contributed by atoms with Gasteiger partial charge in [0.25, 0.3) is 0 Å². The molecule has 2 aromatic rings. The number of benzene rings is 1. The van der Waals surface area contributed by atoms with Crippen LogP contribution in [0, 0.1) is 12.8 Å². The second-order valence-corrected chi connectivity index (χ2v) is 7.50. The van der Waals surface area contributed by atoms with Gasteiger partial charge in [0.2, 0.25) is 5.91 Å². The standard InChI is InChI=1S/C15H17N3O3S/c1-10-17-13-3-2-11(6-14(13)18-10)8-16-15(19)7-12-4-5-22(20,21)9-12/h2-6,12H,7-9H2,1H3,(H,16,19)(H,17,18)/t12-/m1/s1. The topological polar surface area (TPSA) is 91.9 Å². The lowest BCUT2D eigenvalue weighted by atomic mass is 10.1. The number of aromatic amines is 1. The van der Waals surface area contributed by atoms with Crippen molar-refractivity contribution in [2.45, 2.75) is 19.9 Å². The summed E-state index contributed by atoms with van der Waals surface area (Å²) in [5, 5.41) is 4.02. The first-order chi connectivity index (χ1) is 10.4. The highest BCUT2D eigenvalue weighted by Gasteiger charge is 2.23. The predicted octanol–water partition coefficient (Wildman–Crippen LogP) is 1.44. The number of nitrogens with zero attached hydrogens (tertiary/aromatic N) is 1. The first-order valence-electron chi connectivity index (χ1n) is 7.04. The molecule has 1 aliphatic heterocycles.